The van der Waals surface area contributed by atoms with Crippen molar-refractivity contribution in [2.24, 2.45) is 0 Å². The monoisotopic (exact) mass is 322 g/mol. The van der Waals surface area contributed by atoms with Gasteiger partial charge in [0.25, 0.3) is 0 Å². The maximum Gasteiger partial charge on any atom is 0.339 e. The third-order valence-corrected chi connectivity index (χ3v) is 4.36. The first-order valence-electron chi connectivity index (χ1n) is 6.63. The van der Waals surface area contributed by atoms with Crippen molar-refractivity contribution in [1.82, 2.24) is 0 Å². The molecule has 0 aliphatic rings. The zero-order valence-electron chi connectivity index (χ0n) is 12.6. The summed E-state index contributed by atoms with van der Waals surface area (Å²) in [7, 11) is -0.780. The molecule has 22 heavy (non-hydrogen) atoms. The van der Waals surface area contributed by atoms with E-state index in [1.54, 1.807) is 36.4 Å². The molecule has 0 atom stereocenters. The number of rotatable bonds is 6. The summed E-state index contributed by atoms with van der Waals surface area (Å²) in [5, 5.41) is 0. The zero-order valence-corrected chi connectivity index (χ0v) is 13.5. The van der Waals surface area contributed by atoms with E-state index in [0.29, 0.717) is 0 Å². The van der Waals surface area contributed by atoms with Gasteiger partial charge in [-0.05, 0) is 31.2 Å². The third-order valence-electron chi connectivity index (χ3n) is 3.10. The van der Waals surface area contributed by atoms with E-state index in [4.69, 9.17) is 13.7 Å². The normalized spacial score (nSPS) is 11.6. The molecule has 2 aromatic rings. The summed E-state index contributed by atoms with van der Waals surface area (Å²) in [6.07, 6.45) is -0.497. The van der Waals surface area contributed by atoms with Crippen molar-refractivity contribution in [2.45, 2.75) is 18.1 Å². The highest BCUT2D eigenvalue weighted by atomic mass is 32.2. The van der Waals surface area contributed by atoms with Crippen molar-refractivity contribution in [1.29, 1.82) is 0 Å². The number of methoxy groups -OCH3 is 2. The number of aryl methyl sites for hydroxylation is 1. The summed E-state index contributed by atoms with van der Waals surface area (Å²) < 4.78 is 39.7. The van der Waals surface area contributed by atoms with Gasteiger partial charge in [-0.25, -0.2) is 0 Å². The van der Waals surface area contributed by atoms with E-state index in [1.807, 2.05) is 6.92 Å². The van der Waals surface area contributed by atoms with Gasteiger partial charge in [-0.1, -0.05) is 29.8 Å². The first-order valence-corrected chi connectivity index (χ1v) is 8.04. The lowest BCUT2D eigenvalue weighted by Gasteiger charge is -2.14. The van der Waals surface area contributed by atoms with Crippen LogP contribution in [-0.2, 0) is 19.6 Å². The highest BCUT2D eigenvalue weighted by Crippen LogP contribution is 2.23. The van der Waals surface area contributed by atoms with E-state index in [1.165, 1.54) is 26.4 Å². The van der Waals surface area contributed by atoms with Crippen LogP contribution in [0.1, 0.15) is 17.4 Å². The Balaban J connectivity index is 2.18. The Morgan fingerprint density at radius 1 is 0.864 bits per heavy atom. The molecule has 0 unspecified atom stereocenters. The average molecular weight is 322 g/mol. The summed E-state index contributed by atoms with van der Waals surface area (Å²) in [6, 6.07) is 13.0. The Labute approximate surface area is 130 Å². The minimum absolute atomic E-state index is 0.119. The summed E-state index contributed by atoms with van der Waals surface area (Å²) >= 11 is 0. The van der Waals surface area contributed by atoms with Gasteiger partial charge in [0, 0.05) is 19.8 Å². The maximum atomic E-state index is 12.2. The fourth-order valence-corrected chi connectivity index (χ4v) is 2.86. The van der Waals surface area contributed by atoms with Crippen LogP contribution in [0.2, 0.25) is 0 Å². The zero-order chi connectivity index (χ0) is 16.2. The van der Waals surface area contributed by atoms with Gasteiger partial charge in [0.15, 0.2) is 6.29 Å². The maximum absolute atomic E-state index is 12.2. The highest BCUT2D eigenvalue weighted by molar-refractivity contribution is 7.87. The largest absolute Gasteiger partial charge is 0.379 e. The molecule has 0 radical (unpaired) electrons. The van der Waals surface area contributed by atoms with Crippen LogP contribution in [0.15, 0.2) is 53.4 Å². The standard InChI is InChI=1S/C16H18O5S/c1-12-4-10-15(11-5-12)22(17,18)21-14-8-6-13(7-9-14)16(19-2)20-3/h4-11,16H,1-3H3. The summed E-state index contributed by atoms with van der Waals surface area (Å²) in [5.41, 5.74) is 1.75. The van der Waals surface area contributed by atoms with Crippen molar-refractivity contribution in [2.75, 3.05) is 14.2 Å². The minimum Gasteiger partial charge on any atom is -0.379 e. The second-order valence-electron chi connectivity index (χ2n) is 4.72. The van der Waals surface area contributed by atoms with Gasteiger partial charge >= 0.3 is 10.1 Å². The van der Waals surface area contributed by atoms with E-state index in [2.05, 4.69) is 0 Å². The summed E-state index contributed by atoms with van der Waals surface area (Å²) in [5.74, 6) is 0.232. The topological polar surface area (TPSA) is 61.8 Å². The van der Waals surface area contributed by atoms with Crippen LogP contribution >= 0.6 is 0 Å². The molecule has 0 saturated carbocycles. The van der Waals surface area contributed by atoms with Crippen molar-refractivity contribution < 1.29 is 22.1 Å². The lowest BCUT2D eigenvalue weighted by molar-refractivity contribution is -0.106. The van der Waals surface area contributed by atoms with E-state index in [-0.39, 0.29) is 10.6 Å². The van der Waals surface area contributed by atoms with Gasteiger partial charge in [0.2, 0.25) is 0 Å². The Bertz CT molecular complexity index is 701. The summed E-state index contributed by atoms with van der Waals surface area (Å²) in [6.45, 7) is 1.89. The second-order valence-corrected chi connectivity index (χ2v) is 6.27. The molecule has 0 amide bonds. The predicted molar refractivity (Wildman–Crippen MR) is 82.2 cm³/mol. The molecule has 118 valence electrons. The van der Waals surface area contributed by atoms with Crippen molar-refractivity contribution in [3.05, 3.63) is 59.7 Å². The average Bonchev–Trinajstić information content (AvgIpc) is 2.50. The molecule has 0 aliphatic heterocycles. The van der Waals surface area contributed by atoms with Crippen molar-refractivity contribution in [3.8, 4) is 5.75 Å². The molecule has 0 bridgehead atoms. The molecule has 0 fully saturated rings. The Morgan fingerprint density at radius 2 is 1.41 bits per heavy atom. The number of hydrogen-bond acceptors (Lipinski definition) is 5. The fraction of sp³-hybridized carbons (Fsp3) is 0.250. The molecule has 0 aromatic heterocycles. The molecule has 2 aromatic carbocycles. The molecule has 0 aliphatic carbocycles. The van der Waals surface area contributed by atoms with Crippen LogP contribution < -0.4 is 4.18 Å². The van der Waals surface area contributed by atoms with Crippen LogP contribution in [0.5, 0.6) is 5.75 Å². The SMILES string of the molecule is COC(OC)c1ccc(OS(=O)(=O)c2ccc(C)cc2)cc1. The Kier molecular flexibility index (Phi) is 5.18. The minimum atomic E-state index is -3.84. The van der Waals surface area contributed by atoms with Crippen molar-refractivity contribution >= 4 is 10.1 Å². The molecule has 5 nitrogen and oxygen atoms in total. The van der Waals surface area contributed by atoms with Gasteiger partial charge in [-0.2, -0.15) is 8.42 Å². The quantitative estimate of drug-likeness (QED) is 0.604. The van der Waals surface area contributed by atoms with Gasteiger partial charge in [-0.3, -0.25) is 0 Å². The molecule has 0 N–H and O–H groups in total. The van der Waals surface area contributed by atoms with E-state index in [9.17, 15) is 8.42 Å². The van der Waals surface area contributed by atoms with Crippen LogP contribution in [0.25, 0.3) is 0 Å². The Hall–Kier alpha value is -1.89. The van der Waals surface area contributed by atoms with Gasteiger partial charge in [0.1, 0.15) is 10.6 Å². The van der Waals surface area contributed by atoms with Crippen LogP contribution in [0, 0.1) is 6.92 Å². The van der Waals surface area contributed by atoms with Crippen LogP contribution in [-0.4, -0.2) is 22.6 Å². The molecule has 0 spiro atoms. The third kappa shape index (κ3) is 3.85. The van der Waals surface area contributed by atoms with E-state index in [0.717, 1.165) is 11.1 Å². The van der Waals surface area contributed by atoms with E-state index < -0.39 is 16.4 Å². The molecule has 2 rings (SSSR count). The predicted octanol–water partition coefficient (Wildman–Crippen LogP) is 3.05. The second kappa shape index (κ2) is 6.91. The van der Waals surface area contributed by atoms with Gasteiger partial charge in [0.05, 0.1) is 0 Å². The van der Waals surface area contributed by atoms with Crippen LogP contribution in [0.3, 0.4) is 0 Å². The van der Waals surface area contributed by atoms with E-state index >= 15 is 0 Å². The smallest absolute Gasteiger partial charge is 0.339 e. The molecular weight excluding hydrogens is 304 g/mol. The number of ether oxygens (including phenoxy) is 2. The first-order chi connectivity index (χ1) is 10.5. The van der Waals surface area contributed by atoms with Crippen LogP contribution in [0.4, 0.5) is 0 Å². The van der Waals surface area contributed by atoms with Crippen molar-refractivity contribution in [3.63, 3.8) is 0 Å². The number of benzene rings is 2. The lowest BCUT2D eigenvalue weighted by atomic mass is 10.2. The van der Waals surface area contributed by atoms with Gasteiger partial charge < -0.3 is 13.7 Å². The highest BCUT2D eigenvalue weighted by Gasteiger charge is 2.17. The Morgan fingerprint density at radius 3 is 1.91 bits per heavy atom. The fourth-order valence-electron chi connectivity index (χ4n) is 1.93. The molecule has 0 saturated heterocycles. The summed E-state index contributed by atoms with van der Waals surface area (Å²) in [4.78, 5) is 0.119. The number of hydrogen-bond donors (Lipinski definition) is 0. The molecule has 0 heterocycles. The molecule has 6 heteroatoms. The lowest BCUT2D eigenvalue weighted by Crippen LogP contribution is -2.10. The van der Waals surface area contributed by atoms with Gasteiger partial charge in [-0.15, -0.1) is 0 Å². The molecular formula is C16H18O5S. The first kappa shape index (κ1) is 16.5.